The van der Waals surface area contributed by atoms with Crippen molar-refractivity contribution >= 4 is 11.7 Å². The third kappa shape index (κ3) is 3.25. The minimum Gasteiger partial charge on any atom is -0.358 e. The van der Waals surface area contributed by atoms with Crippen LogP contribution in [0.5, 0.6) is 0 Å². The fourth-order valence-corrected chi connectivity index (χ4v) is 3.11. The highest BCUT2D eigenvalue weighted by Gasteiger charge is 2.32. The number of amides is 1. The summed E-state index contributed by atoms with van der Waals surface area (Å²) in [6.07, 6.45) is 4.95. The number of nitrogens with zero attached hydrogens (tertiary/aromatic N) is 3. The summed E-state index contributed by atoms with van der Waals surface area (Å²) in [7, 11) is 0. The van der Waals surface area contributed by atoms with Gasteiger partial charge in [-0.1, -0.05) is 29.8 Å². The molecule has 1 saturated heterocycles. The van der Waals surface area contributed by atoms with E-state index in [1.54, 1.807) is 6.20 Å². The lowest BCUT2D eigenvalue weighted by Crippen LogP contribution is -2.33. The van der Waals surface area contributed by atoms with Crippen LogP contribution in [0.3, 0.4) is 0 Å². The zero-order chi connectivity index (χ0) is 16.5. The number of aryl methyl sites for hydroxylation is 1. The van der Waals surface area contributed by atoms with E-state index in [9.17, 15) is 4.79 Å². The molecule has 1 unspecified atom stereocenters. The van der Waals surface area contributed by atoms with Gasteiger partial charge >= 0.3 is 0 Å². The summed E-state index contributed by atoms with van der Waals surface area (Å²) >= 11 is 0. The van der Waals surface area contributed by atoms with Crippen LogP contribution in [0.1, 0.15) is 42.1 Å². The lowest BCUT2D eigenvalue weighted by Gasteiger charge is -2.17. The van der Waals surface area contributed by atoms with Crippen LogP contribution in [0.15, 0.2) is 36.5 Å². The maximum absolute atomic E-state index is 12.6. The normalized spacial score (nSPS) is 20.5. The van der Waals surface area contributed by atoms with Gasteiger partial charge in [0.25, 0.3) is 0 Å². The lowest BCUT2D eigenvalue weighted by molar-refractivity contribution is -0.128. The molecule has 2 fully saturated rings. The molecular weight excluding hydrogens is 300 g/mol. The van der Waals surface area contributed by atoms with Crippen molar-refractivity contribution in [2.24, 2.45) is 0 Å². The van der Waals surface area contributed by atoms with Crippen molar-refractivity contribution in [3.05, 3.63) is 53.5 Å². The highest BCUT2D eigenvalue weighted by atomic mass is 16.2. The number of rotatable bonds is 5. The Hall–Kier alpha value is -2.43. The first kappa shape index (κ1) is 15.1. The van der Waals surface area contributed by atoms with E-state index in [-0.39, 0.29) is 11.9 Å². The van der Waals surface area contributed by atoms with Gasteiger partial charge in [-0.2, -0.15) is 0 Å². The van der Waals surface area contributed by atoms with E-state index in [0.29, 0.717) is 12.5 Å². The molecule has 1 aromatic heterocycles. The van der Waals surface area contributed by atoms with Crippen LogP contribution < -0.4 is 5.32 Å². The summed E-state index contributed by atoms with van der Waals surface area (Å²) in [6.45, 7) is 3.53. The Labute approximate surface area is 142 Å². The van der Waals surface area contributed by atoms with Crippen LogP contribution in [-0.4, -0.2) is 33.4 Å². The monoisotopic (exact) mass is 322 g/mol. The second kappa shape index (κ2) is 6.23. The highest BCUT2D eigenvalue weighted by molar-refractivity contribution is 5.86. The van der Waals surface area contributed by atoms with Crippen LogP contribution in [0.25, 0.3) is 0 Å². The van der Waals surface area contributed by atoms with Crippen molar-refractivity contribution in [1.82, 2.24) is 14.9 Å². The third-order valence-electron chi connectivity index (χ3n) is 4.73. The van der Waals surface area contributed by atoms with Gasteiger partial charge in [0, 0.05) is 25.2 Å². The molecule has 1 atom stereocenters. The molecule has 0 radical (unpaired) electrons. The molecule has 0 bridgehead atoms. The predicted molar refractivity (Wildman–Crippen MR) is 92.6 cm³/mol. The van der Waals surface area contributed by atoms with Crippen LogP contribution in [0, 0.1) is 6.92 Å². The first-order chi connectivity index (χ1) is 11.7. The minimum absolute atomic E-state index is 0.155. The number of aromatic nitrogens is 2. The number of anilines is 1. The summed E-state index contributed by atoms with van der Waals surface area (Å²) in [4.78, 5) is 23.4. The molecular formula is C19H22N4O. The molecule has 2 aliphatic rings. The fourth-order valence-electron chi connectivity index (χ4n) is 3.11. The molecule has 5 heteroatoms. The molecule has 0 spiro atoms. The Morgan fingerprint density at radius 1 is 1.17 bits per heavy atom. The molecule has 2 heterocycles. The van der Waals surface area contributed by atoms with E-state index in [1.807, 2.05) is 11.0 Å². The van der Waals surface area contributed by atoms with Crippen molar-refractivity contribution in [2.75, 3.05) is 11.9 Å². The molecule has 5 nitrogen and oxygen atoms in total. The van der Waals surface area contributed by atoms with Crippen LogP contribution in [0.4, 0.5) is 5.82 Å². The Morgan fingerprint density at radius 3 is 2.71 bits per heavy atom. The maximum atomic E-state index is 12.6. The number of benzene rings is 1. The zero-order valence-electron chi connectivity index (χ0n) is 13.9. The molecule has 1 aliphatic carbocycles. The smallest absolute Gasteiger partial charge is 0.245 e. The Kier molecular flexibility index (Phi) is 3.92. The Morgan fingerprint density at radius 2 is 1.96 bits per heavy atom. The number of likely N-dealkylation sites (tertiary alicyclic amines) is 1. The average Bonchev–Trinajstić information content (AvgIpc) is 3.39. The van der Waals surface area contributed by atoms with E-state index >= 15 is 0 Å². The summed E-state index contributed by atoms with van der Waals surface area (Å²) in [5.41, 5.74) is 2.41. The lowest BCUT2D eigenvalue weighted by atomic mass is 10.1. The molecule has 1 N–H and O–H groups in total. The number of hydrogen-bond donors (Lipinski definition) is 1. The first-order valence-corrected chi connectivity index (χ1v) is 8.63. The Balaban J connectivity index is 1.39. The topological polar surface area (TPSA) is 58.1 Å². The van der Waals surface area contributed by atoms with Crippen LogP contribution in [-0.2, 0) is 11.3 Å². The van der Waals surface area contributed by atoms with Gasteiger partial charge in [-0.3, -0.25) is 4.79 Å². The molecule has 24 heavy (non-hydrogen) atoms. The van der Waals surface area contributed by atoms with Crippen molar-refractivity contribution in [3.8, 4) is 0 Å². The predicted octanol–water partition coefficient (Wildman–Crippen LogP) is 2.88. The summed E-state index contributed by atoms with van der Waals surface area (Å²) < 4.78 is 0. The molecule has 4 rings (SSSR count). The van der Waals surface area contributed by atoms with Crippen molar-refractivity contribution in [1.29, 1.82) is 0 Å². The number of carbonyl (C=O) groups excluding carboxylic acids is 1. The first-order valence-electron chi connectivity index (χ1n) is 8.63. The van der Waals surface area contributed by atoms with Crippen molar-refractivity contribution in [3.63, 3.8) is 0 Å². The minimum atomic E-state index is -0.183. The summed E-state index contributed by atoms with van der Waals surface area (Å²) in [6, 6.07) is 10.0. The van der Waals surface area contributed by atoms with Crippen molar-refractivity contribution < 1.29 is 4.79 Å². The largest absolute Gasteiger partial charge is 0.358 e. The number of nitrogens with one attached hydrogen (secondary N) is 1. The zero-order valence-corrected chi connectivity index (χ0v) is 13.9. The quantitative estimate of drug-likeness (QED) is 0.919. The van der Waals surface area contributed by atoms with Crippen LogP contribution in [0.2, 0.25) is 0 Å². The maximum Gasteiger partial charge on any atom is 0.245 e. The van der Waals surface area contributed by atoms with Gasteiger partial charge in [-0.15, -0.1) is 0 Å². The number of carbonyl (C=O) groups is 1. The van der Waals surface area contributed by atoms with Gasteiger partial charge in [0.15, 0.2) is 0 Å². The van der Waals surface area contributed by atoms with Crippen molar-refractivity contribution in [2.45, 2.75) is 44.7 Å². The number of hydrogen-bond acceptors (Lipinski definition) is 4. The average molecular weight is 322 g/mol. The summed E-state index contributed by atoms with van der Waals surface area (Å²) in [5, 5.41) is 3.30. The van der Waals surface area contributed by atoms with Gasteiger partial charge in [0.2, 0.25) is 5.91 Å². The molecule has 1 amide bonds. The van der Waals surface area contributed by atoms with Gasteiger partial charge < -0.3 is 10.2 Å². The molecule has 1 aromatic carbocycles. The molecule has 124 valence electrons. The van der Waals surface area contributed by atoms with E-state index in [2.05, 4.69) is 46.5 Å². The second-order valence-corrected chi connectivity index (χ2v) is 6.81. The van der Waals surface area contributed by atoms with E-state index < -0.39 is 0 Å². The van der Waals surface area contributed by atoms with E-state index in [4.69, 9.17) is 0 Å². The SMILES string of the molecule is Cc1ccc(CN2CCC(Nc3ccnc(C4CC4)n3)C2=O)cc1. The van der Waals surface area contributed by atoms with Crippen LogP contribution >= 0.6 is 0 Å². The summed E-state index contributed by atoms with van der Waals surface area (Å²) in [5.74, 6) is 2.34. The van der Waals surface area contributed by atoms with Gasteiger partial charge in [-0.25, -0.2) is 9.97 Å². The standard InChI is InChI=1S/C19H22N4O/c1-13-2-4-14(5-3-13)12-23-11-9-16(19(23)24)21-17-8-10-20-18(22-17)15-6-7-15/h2-5,8,10,15-16H,6-7,9,11-12H2,1H3,(H,20,21,22). The van der Waals surface area contributed by atoms with Gasteiger partial charge in [0.1, 0.15) is 17.7 Å². The van der Waals surface area contributed by atoms with Gasteiger partial charge in [-0.05, 0) is 37.8 Å². The second-order valence-electron chi connectivity index (χ2n) is 6.81. The molecule has 1 saturated carbocycles. The van der Waals surface area contributed by atoms with Gasteiger partial charge in [0.05, 0.1) is 0 Å². The van der Waals surface area contributed by atoms with E-state index in [0.717, 1.165) is 24.6 Å². The fraction of sp³-hybridized carbons (Fsp3) is 0.421. The third-order valence-corrected chi connectivity index (χ3v) is 4.73. The molecule has 1 aliphatic heterocycles. The Bertz CT molecular complexity index is 739. The van der Waals surface area contributed by atoms with E-state index in [1.165, 1.54) is 24.0 Å². The molecule has 2 aromatic rings. The highest BCUT2D eigenvalue weighted by Crippen LogP contribution is 2.38.